The zero-order chi connectivity index (χ0) is 16.3. The van der Waals surface area contributed by atoms with Crippen LogP contribution in [-0.4, -0.2) is 18.6 Å². The van der Waals surface area contributed by atoms with Crippen LogP contribution < -0.4 is 15.4 Å². The van der Waals surface area contributed by atoms with Gasteiger partial charge in [0.25, 0.3) is 0 Å². The summed E-state index contributed by atoms with van der Waals surface area (Å²) in [6.07, 6.45) is 0.893. The second kappa shape index (κ2) is 8.20. The molecule has 1 unspecified atom stereocenters. The predicted molar refractivity (Wildman–Crippen MR) is 112 cm³/mol. The molecule has 0 amide bonds. The van der Waals surface area contributed by atoms with Crippen LogP contribution in [-0.2, 0) is 6.54 Å². The Morgan fingerprint density at radius 3 is 2.79 bits per heavy atom. The van der Waals surface area contributed by atoms with Crippen LogP contribution in [0.15, 0.2) is 46.8 Å². The Bertz CT molecular complexity index is 685. The van der Waals surface area contributed by atoms with E-state index in [2.05, 4.69) is 59.1 Å². The molecule has 3 rings (SSSR count). The molecule has 1 aromatic heterocycles. The number of nitrogens with one attached hydrogen (secondary N) is 2. The lowest BCUT2D eigenvalue weighted by Gasteiger charge is -2.38. The van der Waals surface area contributed by atoms with Gasteiger partial charge in [-0.15, -0.1) is 35.3 Å². The van der Waals surface area contributed by atoms with Crippen LogP contribution >= 0.6 is 35.3 Å². The molecule has 24 heavy (non-hydrogen) atoms. The van der Waals surface area contributed by atoms with Gasteiger partial charge in [0, 0.05) is 23.9 Å². The zero-order valence-electron chi connectivity index (χ0n) is 14.2. The fourth-order valence-electron chi connectivity index (χ4n) is 2.87. The van der Waals surface area contributed by atoms with E-state index in [0.29, 0.717) is 0 Å². The van der Waals surface area contributed by atoms with Crippen molar-refractivity contribution in [3.63, 3.8) is 0 Å². The molecule has 1 atom stereocenters. The first-order valence-electron chi connectivity index (χ1n) is 7.85. The Hall–Kier alpha value is -1.28. The highest BCUT2D eigenvalue weighted by molar-refractivity contribution is 14.0. The topological polar surface area (TPSA) is 45.7 Å². The third kappa shape index (κ3) is 4.63. The number of aliphatic imine (C=N–C) groups is 1. The van der Waals surface area contributed by atoms with Crippen molar-refractivity contribution in [2.45, 2.75) is 38.5 Å². The van der Waals surface area contributed by atoms with Crippen LogP contribution in [0.25, 0.3) is 0 Å². The normalized spacial score (nSPS) is 18.8. The molecular weight excluding hydrogens is 433 g/mol. The minimum Gasteiger partial charge on any atom is -0.487 e. The standard InChI is InChI=1S/C18H23N3OS.HI/c1-18(2)11-15(14-8-4-5-9-16(14)22-18)21-17(19-3)20-12-13-7-6-10-23-13;/h4-10,15H,11-12H2,1-3H3,(H2,19,20,21);1H. The molecule has 2 aromatic rings. The molecule has 0 fully saturated rings. The third-order valence-corrected chi connectivity index (χ3v) is 4.80. The maximum atomic E-state index is 6.08. The maximum absolute atomic E-state index is 6.08. The van der Waals surface area contributed by atoms with Crippen LogP contribution in [0.4, 0.5) is 0 Å². The molecule has 130 valence electrons. The first-order chi connectivity index (χ1) is 11.1. The van der Waals surface area contributed by atoms with E-state index in [1.165, 1.54) is 10.4 Å². The van der Waals surface area contributed by atoms with Gasteiger partial charge in [0.1, 0.15) is 11.4 Å². The molecule has 0 saturated heterocycles. The van der Waals surface area contributed by atoms with Crippen molar-refractivity contribution in [1.29, 1.82) is 0 Å². The number of nitrogens with zero attached hydrogens (tertiary/aromatic N) is 1. The summed E-state index contributed by atoms with van der Waals surface area (Å²) in [7, 11) is 1.81. The number of rotatable bonds is 3. The van der Waals surface area contributed by atoms with Crippen LogP contribution in [0, 0.1) is 0 Å². The highest BCUT2D eigenvalue weighted by Gasteiger charge is 2.33. The molecule has 0 saturated carbocycles. The van der Waals surface area contributed by atoms with Crippen LogP contribution in [0.3, 0.4) is 0 Å². The predicted octanol–water partition coefficient (Wildman–Crippen LogP) is 4.33. The summed E-state index contributed by atoms with van der Waals surface area (Å²) in [6, 6.07) is 12.6. The van der Waals surface area contributed by atoms with Gasteiger partial charge in [0.05, 0.1) is 12.6 Å². The Kier molecular flexibility index (Phi) is 6.51. The molecule has 0 radical (unpaired) electrons. The van der Waals surface area contributed by atoms with Gasteiger partial charge < -0.3 is 15.4 Å². The Morgan fingerprint density at radius 2 is 2.08 bits per heavy atom. The number of guanidine groups is 1. The first kappa shape index (κ1) is 19.1. The number of hydrogen-bond donors (Lipinski definition) is 2. The lowest BCUT2D eigenvalue weighted by Crippen LogP contribution is -2.45. The van der Waals surface area contributed by atoms with Crippen LogP contribution in [0.2, 0.25) is 0 Å². The minimum atomic E-state index is -0.196. The average molecular weight is 457 g/mol. The summed E-state index contributed by atoms with van der Waals surface area (Å²) < 4.78 is 6.08. The van der Waals surface area contributed by atoms with Gasteiger partial charge in [-0.1, -0.05) is 24.3 Å². The largest absolute Gasteiger partial charge is 0.487 e. The fourth-order valence-corrected chi connectivity index (χ4v) is 3.52. The summed E-state index contributed by atoms with van der Waals surface area (Å²) in [4.78, 5) is 5.65. The van der Waals surface area contributed by atoms with Crippen molar-refractivity contribution < 1.29 is 4.74 Å². The SMILES string of the molecule is CN=C(NCc1cccs1)NC1CC(C)(C)Oc2ccccc21.I. The van der Waals surface area contributed by atoms with Gasteiger partial charge in [-0.3, -0.25) is 4.99 Å². The highest BCUT2D eigenvalue weighted by Crippen LogP contribution is 2.39. The van der Waals surface area contributed by atoms with Gasteiger partial charge in [-0.2, -0.15) is 0 Å². The lowest BCUT2D eigenvalue weighted by molar-refractivity contribution is 0.0694. The van der Waals surface area contributed by atoms with E-state index in [1.807, 2.05) is 12.1 Å². The maximum Gasteiger partial charge on any atom is 0.191 e. The van der Waals surface area contributed by atoms with Crippen LogP contribution in [0.5, 0.6) is 5.75 Å². The summed E-state index contributed by atoms with van der Waals surface area (Å²) in [5, 5.41) is 9.02. The lowest BCUT2D eigenvalue weighted by atomic mass is 9.90. The molecule has 4 nitrogen and oxygen atoms in total. The molecule has 1 aliphatic rings. The number of ether oxygens (including phenoxy) is 1. The van der Waals surface area contributed by atoms with Crippen molar-refractivity contribution in [2.75, 3.05) is 7.05 Å². The summed E-state index contributed by atoms with van der Waals surface area (Å²) in [6.45, 7) is 5.03. The molecule has 0 bridgehead atoms. The van der Waals surface area contributed by atoms with Gasteiger partial charge >= 0.3 is 0 Å². The quantitative estimate of drug-likeness (QED) is 0.410. The zero-order valence-corrected chi connectivity index (χ0v) is 17.4. The van der Waals surface area contributed by atoms with Gasteiger partial charge in [-0.05, 0) is 31.4 Å². The van der Waals surface area contributed by atoms with Gasteiger partial charge in [0.15, 0.2) is 5.96 Å². The summed E-state index contributed by atoms with van der Waals surface area (Å²) in [5.41, 5.74) is 0.990. The number of halogens is 1. The van der Waals surface area contributed by atoms with Crippen molar-refractivity contribution in [3.8, 4) is 5.75 Å². The average Bonchev–Trinajstić information content (AvgIpc) is 3.03. The molecule has 2 N–H and O–H groups in total. The van der Waals surface area contributed by atoms with Crippen molar-refractivity contribution in [1.82, 2.24) is 10.6 Å². The molecule has 2 heterocycles. The Morgan fingerprint density at radius 1 is 1.29 bits per heavy atom. The fraction of sp³-hybridized carbons (Fsp3) is 0.389. The third-order valence-electron chi connectivity index (χ3n) is 3.92. The smallest absolute Gasteiger partial charge is 0.191 e. The van der Waals surface area contributed by atoms with E-state index < -0.39 is 0 Å². The van der Waals surface area contributed by atoms with E-state index in [4.69, 9.17) is 4.74 Å². The van der Waals surface area contributed by atoms with E-state index in [1.54, 1.807) is 18.4 Å². The molecule has 0 aliphatic carbocycles. The first-order valence-corrected chi connectivity index (χ1v) is 8.73. The van der Waals surface area contributed by atoms with Crippen LogP contribution in [0.1, 0.15) is 36.8 Å². The molecule has 6 heteroatoms. The van der Waals surface area contributed by atoms with Gasteiger partial charge in [0.2, 0.25) is 0 Å². The highest BCUT2D eigenvalue weighted by atomic mass is 127. The van der Waals surface area contributed by atoms with Crippen molar-refractivity contribution in [3.05, 3.63) is 52.2 Å². The number of thiophene rings is 1. The van der Waals surface area contributed by atoms with E-state index >= 15 is 0 Å². The molecule has 1 aliphatic heterocycles. The van der Waals surface area contributed by atoms with Gasteiger partial charge in [-0.25, -0.2) is 0 Å². The minimum absolute atomic E-state index is 0. The van der Waals surface area contributed by atoms with E-state index in [9.17, 15) is 0 Å². The second-order valence-corrected chi connectivity index (χ2v) is 7.34. The van der Waals surface area contributed by atoms with E-state index in [-0.39, 0.29) is 35.6 Å². The Labute approximate surface area is 164 Å². The van der Waals surface area contributed by atoms with Crippen molar-refractivity contribution in [2.24, 2.45) is 4.99 Å². The number of benzene rings is 1. The second-order valence-electron chi connectivity index (χ2n) is 6.31. The summed E-state index contributed by atoms with van der Waals surface area (Å²) in [5.74, 6) is 1.77. The molecule has 1 aromatic carbocycles. The Balaban J connectivity index is 0.00000208. The number of para-hydroxylation sites is 1. The molecular formula is C18H24IN3OS. The molecule has 0 spiro atoms. The monoisotopic (exact) mass is 457 g/mol. The number of hydrogen-bond acceptors (Lipinski definition) is 3. The van der Waals surface area contributed by atoms with Crippen molar-refractivity contribution >= 4 is 41.3 Å². The summed E-state index contributed by atoms with van der Waals surface area (Å²) >= 11 is 1.74. The van der Waals surface area contributed by atoms with E-state index in [0.717, 1.165) is 24.7 Å². The number of fused-ring (bicyclic) bond motifs is 1.